The lowest BCUT2D eigenvalue weighted by Gasteiger charge is -2.29. The molecule has 1 saturated heterocycles. The second-order valence-electron chi connectivity index (χ2n) is 7.62. The minimum absolute atomic E-state index is 0. The Morgan fingerprint density at radius 2 is 1.90 bits per heavy atom. The fourth-order valence-corrected chi connectivity index (χ4v) is 3.86. The Bertz CT molecular complexity index is 769. The van der Waals surface area contributed by atoms with E-state index in [9.17, 15) is 5.11 Å². The van der Waals surface area contributed by atoms with Crippen LogP contribution in [0, 0.1) is 0 Å². The van der Waals surface area contributed by atoms with E-state index >= 15 is 0 Å². The van der Waals surface area contributed by atoms with Gasteiger partial charge in [0, 0.05) is 26.2 Å². The van der Waals surface area contributed by atoms with Gasteiger partial charge in [-0.05, 0) is 56.0 Å². The normalized spacial score (nSPS) is 17.0. The van der Waals surface area contributed by atoms with Crippen LogP contribution in [0.15, 0.2) is 47.5 Å². The van der Waals surface area contributed by atoms with E-state index in [-0.39, 0.29) is 36.1 Å². The molecule has 0 bridgehead atoms. The molecule has 0 saturated carbocycles. The van der Waals surface area contributed by atoms with Crippen LogP contribution < -0.4 is 10.6 Å². The maximum atomic E-state index is 9.61. The van der Waals surface area contributed by atoms with Crippen LogP contribution in [0.25, 0.3) is 10.8 Å². The van der Waals surface area contributed by atoms with E-state index in [1.807, 2.05) is 0 Å². The van der Waals surface area contributed by atoms with Crippen LogP contribution in [0.3, 0.4) is 0 Å². The smallest absolute Gasteiger partial charge is 0.191 e. The predicted octanol–water partition coefficient (Wildman–Crippen LogP) is 3.92. The molecule has 1 unspecified atom stereocenters. The molecule has 1 fully saturated rings. The predicted molar refractivity (Wildman–Crippen MR) is 133 cm³/mol. The number of hydrogen-bond donors (Lipinski definition) is 3. The van der Waals surface area contributed by atoms with E-state index < -0.39 is 0 Å². The molecule has 1 atom stereocenters. The minimum Gasteiger partial charge on any atom is -0.393 e. The van der Waals surface area contributed by atoms with Crippen molar-refractivity contribution in [2.45, 2.75) is 45.3 Å². The van der Waals surface area contributed by atoms with E-state index in [0.717, 1.165) is 57.9 Å². The van der Waals surface area contributed by atoms with Crippen LogP contribution in [-0.4, -0.2) is 54.8 Å². The highest BCUT2D eigenvalue weighted by molar-refractivity contribution is 14.0. The Kier molecular flexibility index (Phi) is 10.2. The fraction of sp³-hybridized carbons (Fsp3) is 0.522. The number of aliphatic imine (C=N–C) groups is 1. The third-order valence-corrected chi connectivity index (χ3v) is 5.45. The number of hydrogen-bond acceptors (Lipinski definition) is 3. The van der Waals surface area contributed by atoms with E-state index in [2.05, 4.69) is 71.8 Å². The number of guanidine groups is 1. The van der Waals surface area contributed by atoms with Crippen molar-refractivity contribution in [3.8, 4) is 0 Å². The van der Waals surface area contributed by atoms with Gasteiger partial charge in [0.05, 0.1) is 12.1 Å². The summed E-state index contributed by atoms with van der Waals surface area (Å²) in [5.41, 5.74) is 1.29. The monoisotopic (exact) mass is 510 g/mol. The first kappa shape index (κ1) is 23.9. The molecule has 0 radical (unpaired) electrons. The summed E-state index contributed by atoms with van der Waals surface area (Å²) < 4.78 is 0. The molecule has 6 heteroatoms. The molecule has 0 amide bonds. The van der Waals surface area contributed by atoms with E-state index in [0.29, 0.717) is 0 Å². The van der Waals surface area contributed by atoms with Crippen molar-refractivity contribution in [1.82, 2.24) is 15.5 Å². The summed E-state index contributed by atoms with van der Waals surface area (Å²) in [4.78, 5) is 7.21. The topological polar surface area (TPSA) is 59.9 Å². The van der Waals surface area contributed by atoms with Gasteiger partial charge in [0.15, 0.2) is 5.96 Å². The number of fused-ring (bicyclic) bond motifs is 1. The number of piperidine rings is 1. The van der Waals surface area contributed by atoms with Crippen LogP contribution in [-0.2, 0) is 0 Å². The molecule has 160 valence electrons. The number of likely N-dealkylation sites (tertiary alicyclic amines) is 1. The van der Waals surface area contributed by atoms with Gasteiger partial charge in [-0.1, -0.05) is 42.5 Å². The maximum Gasteiger partial charge on any atom is 0.191 e. The van der Waals surface area contributed by atoms with Crippen LogP contribution in [0.4, 0.5) is 0 Å². The van der Waals surface area contributed by atoms with E-state index in [4.69, 9.17) is 4.99 Å². The van der Waals surface area contributed by atoms with Gasteiger partial charge in [0.1, 0.15) is 0 Å². The van der Waals surface area contributed by atoms with Crippen molar-refractivity contribution in [3.63, 3.8) is 0 Å². The Balaban J connectivity index is 0.00000300. The van der Waals surface area contributed by atoms with Gasteiger partial charge in [-0.15, -0.1) is 24.0 Å². The van der Waals surface area contributed by atoms with Crippen molar-refractivity contribution in [2.24, 2.45) is 4.99 Å². The zero-order valence-electron chi connectivity index (χ0n) is 17.6. The highest BCUT2D eigenvalue weighted by Crippen LogP contribution is 2.23. The first-order valence-corrected chi connectivity index (χ1v) is 10.6. The Labute approximate surface area is 192 Å². The number of aliphatic hydroxyl groups is 1. The molecule has 0 aliphatic carbocycles. The summed E-state index contributed by atoms with van der Waals surface area (Å²) in [5, 5.41) is 19.1. The van der Waals surface area contributed by atoms with Crippen molar-refractivity contribution < 1.29 is 5.11 Å². The molecule has 1 aliphatic rings. The SMILES string of the molecule is CCNC(=NCCCN1CCC(O)CC1)NC(C)c1cccc2ccccc12.I. The van der Waals surface area contributed by atoms with Gasteiger partial charge >= 0.3 is 0 Å². The number of rotatable bonds is 7. The first-order valence-electron chi connectivity index (χ1n) is 10.6. The molecule has 29 heavy (non-hydrogen) atoms. The maximum absolute atomic E-state index is 9.61. The van der Waals surface area contributed by atoms with Gasteiger partial charge < -0.3 is 20.6 Å². The summed E-state index contributed by atoms with van der Waals surface area (Å²) >= 11 is 0. The molecule has 3 rings (SSSR count). The van der Waals surface area contributed by atoms with Gasteiger partial charge in [0.2, 0.25) is 0 Å². The van der Waals surface area contributed by atoms with Crippen LogP contribution >= 0.6 is 24.0 Å². The molecule has 3 N–H and O–H groups in total. The van der Waals surface area contributed by atoms with Gasteiger partial charge in [0.25, 0.3) is 0 Å². The molecule has 0 aromatic heterocycles. The van der Waals surface area contributed by atoms with Crippen molar-refractivity contribution in [1.29, 1.82) is 0 Å². The third-order valence-electron chi connectivity index (χ3n) is 5.45. The summed E-state index contributed by atoms with van der Waals surface area (Å²) in [7, 11) is 0. The fourth-order valence-electron chi connectivity index (χ4n) is 3.86. The summed E-state index contributed by atoms with van der Waals surface area (Å²) in [6.07, 6.45) is 2.73. The average molecular weight is 510 g/mol. The Morgan fingerprint density at radius 1 is 1.17 bits per heavy atom. The number of aliphatic hydroxyl groups excluding tert-OH is 1. The zero-order chi connectivity index (χ0) is 19.8. The molecule has 1 heterocycles. The molecule has 2 aromatic rings. The minimum atomic E-state index is -0.102. The standard InChI is InChI=1S/C23H34N4O.HI/c1-3-24-23(25-14-7-15-27-16-12-20(28)13-17-27)26-18(2)21-11-6-9-19-8-4-5-10-22(19)21;/h4-6,8-11,18,20,28H,3,7,12-17H2,1-2H3,(H2,24,25,26);1H. The first-order chi connectivity index (χ1) is 13.7. The van der Waals surface area contributed by atoms with Crippen LogP contribution in [0.5, 0.6) is 0 Å². The molecule has 0 spiro atoms. The van der Waals surface area contributed by atoms with Gasteiger partial charge in [-0.3, -0.25) is 4.99 Å². The molecular formula is C23H35IN4O. The molecule has 2 aromatic carbocycles. The second-order valence-corrected chi connectivity index (χ2v) is 7.62. The number of nitrogens with one attached hydrogen (secondary N) is 2. The highest BCUT2D eigenvalue weighted by Gasteiger charge is 2.16. The highest BCUT2D eigenvalue weighted by atomic mass is 127. The molecular weight excluding hydrogens is 475 g/mol. The zero-order valence-corrected chi connectivity index (χ0v) is 19.9. The van der Waals surface area contributed by atoms with Crippen LogP contribution in [0.1, 0.15) is 44.7 Å². The molecule has 5 nitrogen and oxygen atoms in total. The summed E-state index contributed by atoms with van der Waals surface area (Å²) in [6, 6.07) is 15.2. The third kappa shape index (κ3) is 7.12. The van der Waals surface area contributed by atoms with Gasteiger partial charge in [-0.25, -0.2) is 0 Å². The molecule has 1 aliphatic heterocycles. The Hall–Kier alpha value is -1.38. The lowest BCUT2D eigenvalue weighted by molar-refractivity contribution is 0.0824. The number of benzene rings is 2. The summed E-state index contributed by atoms with van der Waals surface area (Å²) in [5.74, 6) is 0.872. The van der Waals surface area contributed by atoms with E-state index in [1.165, 1.54) is 16.3 Å². The largest absolute Gasteiger partial charge is 0.393 e. The van der Waals surface area contributed by atoms with Crippen molar-refractivity contribution >= 4 is 40.7 Å². The van der Waals surface area contributed by atoms with Crippen molar-refractivity contribution in [3.05, 3.63) is 48.0 Å². The van der Waals surface area contributed by atoms with Gasteiger partial charge in [-0.2, -0.15) is 0 Å². The summed E-state index contributed by atoms with van der Waals surface area (Å²) in [6.45, 7) is 8.98. The lowest BCUT2D eigenvalue weighted by Crippen LogP contribution is -2.39. The van der Waals surface area contributed by atoms with E-state index in [1.54, 1.807) is 0 Å². The lowest BCUT2D eigenvalue weighted by atomic mass is 10.00. The number of nitrogens with zero attached hydrogens (tertiary/aromatic N) is 2. The Morgan fingerprint density at radius 3 is 2.66 bits per heavy atom. The average Bonchev–Trinajstić information content (AvgIpc) is 2.72. The van der Waals surface area contributed by atoms with Crippen molar-refractivity contribution in [2.75, 3.05) is 32.7 Å². The van der Waals surface area contributed by atoms with Crippen LogP contribution in [0.2, 0.25) is 0 Å². The quantitative estimate of drug-likeness (QED) is 0.229. The number of halogens is 1. The second kappa shape index (κ2) is 12.3.